The number of hydrogen-bond donors (Lipinski definition) is 1. The standard InChI is InChI=1S/C16H24N2/c1-13-3-5-14(6-4-13)15-11-17-12-16(15)7-9-18(2)10-8-16/h3-6,15,17H,7-12H2,1-2H3. The maximum atomic E-state index is 3.64. The Bertz CT molecular complexity index is 402. The van der Waals surface area contributed by atoms with E-state index in [1.54, 1.807) is 0 Å². The first-order chi connectivity index (χ1) is 8.70. The summed E-state index contributed by atoms with van der Waals surface area (Å²) >= 11 is 0. The van der Waals surface area contributed by atoms with Crippen LogP contribution in [0.1, 0.15) is 29.9 Å². The smallest absolute Gasteiger partial charge is 0.00330 e. The van der Waals surface area contributed by atoms with Gasteiger partial charge in [0, 0.05) is 19.0 Å². The molecule has 0 amide bonds. The molecule has 2 heteroatoms. The van der Waals surface area contributed by atoms with E-state index in [-0.39, 0.29) is 0 Å². The third-order valence-corrected chi connectivity index (χ3v) is 5.03. The Hall–Kier alpha value is -0.860. The monoisotopic (exact) mass is 244 g/mol. The molecular weight excluding hydrogens is 220 g/mol. The van der Waals surface area contributed by atoms with Crippen molar-refractivity contribution in [3.05, 3.63) is 35.4 Å². The molecule has 1 aromatic rings. The number of likely N-dealkylation sites (tertiary alicyclic amines) is 1. The fourth-order valence-corrected chi connectivity index (χ4v) is 3.66. The summed E-state index contributed by atoms with van der Waals surface area (Å²) in [6.45, 7) is 7.04. The van der Waals surface area contributed by atoms with E-state index < -0.39 is 0 Å². The average Bonchev–Trinajstić information content (AvgIpc) is 2.78. The number of aryl methyl sites for hydroxylation is 1. The summed E-state index contributed by atoms with van der Waals surface area (Å²) in [7, 11) is 2.25. The van der Waals surface area contributed by atoms with Crippen LogP contribution < -0.4 is 5.32 Å². The first kappa shape index (κ1) is 12.2. The van der Waals surface area contributed by atoms with Crippen LogP contribution in [-0.4, -0.2) is 38.1 Å². The van der Waals surface area contributed by atoms with Crippen LogP contribution in [0.4, 0.5) is 0 Å². The Kier molecular flexibility index (Phi) is 3.16. The van der Waals surface area contributed by atoms with E-state index in [0.717, 1.165) is 6.54 Å². The van der Waals surface area contributed by atoms with Gasteiger partial charge in [0.25, 0.3) is 0 Å². The SMILES string of the molecule is Cc1ccc(C2CNCC23CCN(C)CC3)cc1. The highest BCUT2D eigenvalue weighted by Gasteiger charge is 2.44. The fourth-order valence-electron chi connectivity index (χ4n) is 3.66. The molecule has 1 spiro atoms. The van der Waals surface area contributed by atoms with Crippen LogP contribution in [0.2, 0.25) is 0 Å². The van der Waals surface area contributed by atoms with Gasteiger partial charge in [-0.05, 0) is 50.9 Å². The molecule has 2 heterocycles. The molecule has 0 aliphatic carbocycles. The van der Waals surface area contributed by atoms with Crippen molar-refractivity contribution < 1.29 is 0 Å². The summed E-state index contributed by atoms with van der Waals surface area (Å²) in [5.41, 5.74) is 3.42. The van der Waals surface area contributed by atoms with Crippen molar-refractivity contribution in [3.63, 3.8) is 0 Å². The lowest BCUT2D eigenvalue weighted by Crippen LogP contribution is -2.41. The van der Waals surface area contributed by atoms with Gasteiger partial charge in [0.15, 0.2) is 0 Å². The highest BCUT2D eigenvalue weighted by molar-refractivity contribution is 5.28. The van der Waals surface area contributed by atoms with Gasteiger partial charge in [-0.25, -0.2) is 0 Å². The van der Waals surface area contributed by atoms with Crippen LogP contribution in [0.5, 0.6) is 0 Å². The molecule has 0 saturated carbocycles. The number of rotatable bonds is 1. The summed E-state index contributed by atoms with van der Waals surface area (Å²) in [5.74, 6) is 0.715. The molecule has 1 N–H and O–H groups in total. The Morgan fingerprint density at radius 2 is 1.83 bits per heavy atom. The Labute approximate surface area is 110 Å². The van der Waals surface area contributed by atoms with Crippen molar-refractivity contribution in [1.82, 2.24) is 10.2 Å². The van der Waals surface area contributed by atoms with Crippen molar-refractivity contribution in [1.29, 1.82) is 0 Å². The topological polar surface area (TPSA) is 15.3 Å². The van der Waals surface area contributed by atoms with Gasteiger partial charge < -0.3 is 10.2 Å². The number of hydrogen-bond acceptors (Lipinski definition) is 2. The van der Waals surface area contributed by atoms with Crippen LogP contribution in [0.15, 0.2) is 24.3 Å². The number of piperidine rings is 1. The Balaban J connectivity index is 1.84. The summed E-state index contributed by atoms with van der Waals surface area (Å²) < 4.78 is 0. The highest BCUT2D eigenvalue weighted by atomic mass is 15.1. The van der Waals surface area contributed by atoms with Crippen molar-refractivity contribution in [3.8, 4) is 0 Å². The van der Waals surface area contributed by atoms with Crippen LogP contribution in [-0.2, 0) is 0 Å². The molecule has 1 aromatic carbocycles. The second-order valence-corrected chi connectivity index (χ2v) is 6.26. The van der Waals surface area contributed by atoms with Gasteiger partial charge in [-0.3, -0.25) is 0 Å². The minimum absolute atomic E-state index is 0.516. The molecule has 18 heavy (non-hydrogen) atoms. The molecular formula is C16H24N2. The third kappa shape index (κ3) is 2.08. The van der Waals surface area contributed by atoms with Gasteiger partial charge in [0.1, 0.15) is 0 Å². The summed E-state index contributed by atoms with van der Waals surface area (Å²) in [4.78, 5) is 2.47. The molecule has 2 nitrogen and oxygen atoms in total. The van der Waals surface area contributed by atoms with Crippen LogP contribution in [0.25, 0.3) is 0 Å². The zero-order chi connectivity index (χ0) is 12.6. The highest BCUT2D eigenvalue weighted by Crippen LogP contribution is 2.46. The lowest BCUT2D eigenvalue weighted by Gasteiger charge is -2.41. The first-order valence-corrected chi connectivity index (χ1v) is 7.15. The fraction of sp³-hybridized carbons (Fsp3) is 0.625. The van der Waals surface area contributed by atoms with Gasteiger partial charge >= 0.3 is 0 Å². The van der Waals surface area contributed by atoms with E-state index in [2.05, 4.69) is 48.5 Å². The third-order valence-electron chi connectivity index (χ3n) is 5.03. The number of nitrogens with zero attached hydrogens (tertiary/aromatic N) is 1. The van der Waals surface area contributed by atoms with Crippen molar-refractivity contribution >= 4 is 0 Å². The predicted molar refractivity (Wildman–Crippen MR) is 76.0 cm³/mol. The van der Waals surface area contributed by atoms with Gasteiger partial charge in [0.2, 0.25) is 0 Å². The molecule has 2 saturated heterocycles. The molecule has 0 radical (unpaired) electrons. The van der Waals surface area contributed by atoms with Crippen molar-refractivity contribution in [2.45, 2.75) is 25.7 Å². The number of nitrogens with one attached hydrogen (secondary N) is 1. The van der Waals surface area contributed by atoms with E-state index in [0.29, 0.717) is 11.3 Å². The molecule has 98 valence electrons. The van der Waals surface area contributed by atoms with Gasteiger partial charge in [0.05, 0.1) is 0 Å². The van der Waals surface area contributed by atoms with Crippen LogP contribution in [0, 0.1) is 12.3 Å². The van der Waals surface area contributed by atoms with E-state index in [1.807, 2.05) is 0 Å². The maximum Gasteiger partial charge on any atom is 0.00330 e. The Morgan fingerprint density at radius 1 is 1.17 bits per heavy atom. The molecule has 2 fully saturated rings. The van der Waals surface area contributed by atoms with E-state index in [4.69, 9.17) is 0 Å². The molecule has 2 aliphatic rings. The van der Waals surface area contributed by atoms with Crippen molar-refractivity contribution in [2.75, 3.05) is 33.2 Å². The second-order valence-electron chi connectivity index (χ2n) is 6.26. The maximum absolute atomic E-state index is 3.64. The van der Waals surface area contributed by atoms with Crippen LogP contribution in [0.3, 0.4) is 0 Å². The Morgan fingerprint density at radius 3 is 2.50 bits per heavy atom. The summed E-state index contributed by atoms with van der Waals surface area (Å²) in [5, 5.41) is 3.64. The zero-order valence-corrected chi connectivity index (χ0v) is 11.6. The van der Waals surface area contributed by atoms with E-state index >= 15 is 0 Å². The number of benzene rings is 1. The predicted octanol–water partition coefficient (Wildman–Crippen LogP) is 2.39. The van der Waals surface area contributed by atoms with E-state index in [9.17, 15) is 0 Å². The lowest BCUT2D eigenvalue weighted by atomic mass is 9.68. The minimum Gasteiger partial charge on any atom is -0.316 e. The molecule has 1 atom stereocenters. The average molecular weight is 244 g/mol. The largest absolute Gasteiger partial charge is 0.316 e. The minimum atomic E-state index is 0.516. The van der Waals surface area contributed by atoms with Gasteiger partial charge in [-0.2, -0.15) is 0 Å². The van der Waals surface area contributed by atoms with Gasteiger partial charge in [-0.1, -0.05) is 29.8 Å². The van der Waals surface area contributed by atoms with Crippen LogP contribution >= 0.6 is 0 Å². The molecule has 2 aliphatic heterocycles. The zero-order valence-electron chi connectivity index (χ0n) is 11.6. The normalized spacial score (nSPS) is 27.8. The molecule has 0 aromatic heterocycles. The summed E-state index contributed by atoms with van der Waals surface area (Å²) in [6.07, 6.45) is 2.68. The lowest BCUT2D eigenvalue weighted by molar-refractivity contribution is 0.124. The first-order valence-electron chi connectivity index (χ1n) is 7.15. The quantitative estimate of drug-likeness (QED) is 0.816. The van der Waals surface area contributed by atoms with E-state index in [1.165, 1.54) is 43.6 Å². The van der Waals surface area contributed by atoms with Gasteiger partial charge in [-0.15, -0.1) is 0 Å². The van der Waals surface area contributed by atoms with Crippen molar-refractivity contribution in [2.24, 2.45) is 5.41 Å². The molecule has 3 rings (SSSR count). The second kappa shape index (κ2) is 4.67. The summed E-state index contributed by atoms with van der Waals surface area (Å²) in [6, 6.07) is 9.20. The molecule has 0 bridgehead atoms. The molecule has 1 unspecified atom stereocenters.